The third-order valence-electron chi connectivity index (χ3n) is 3.07. The van der Waals surface area contributed by atoms with Crippen LogP contribution < -0.4 is 4.74 Å². The summed E-state index contributed by atoms with van der Waals surface area (Å²) in [6.45, 7) is 4.40. The predicted molar refractivity (Wildman–Crippen MR) is 65.5 cm³/mol. The molecule has 1 unspecified atom stereocenters. The molecule has 1 saturated heterocycles. The monoisotopic (exact) mass is 252 g/mol. The van der Waals surface area contributed by atoms with Crippen molar-refractivity contribution < 1.29 is 18.7 Å². The van der Waals surface area contributed by atoms with Gasteiger partial charge in [-0.3, -0.25) is 4.79 Å². The zero-order chi connectivity index (χ0) is 13.2. The Hall–Kier alpha value is -1.42. The molecule has 3 nitrogen and oxygen atoms in total. The van der Waals surface area contributed by atoms with Gasteiger partial charge in [-0.15, -0.1) is 0 Å². The molecule has 98 valence electrons. The van der Waals surface area contributed by atoms with E-state index in [0.717, 1.165) is 12.8 Å². The number of hydrogen-bond acceptors (Lipinski definition) is 3. The largest absolute Gasteiger partial charge is 0.488 e. The van der Waals surface area contributed by atoms with Crippen molar-refractivity contribution in [2.45, 2.75) is 38.4 Å². The standard InChI is InChI=1S/C14H17FO3/c1-14(2)6-5-11(18-14)9-17-13-4-3-10(8-16)7-12(13)15/h3-4,7-8,11H,5-6,9H2,1-2H3. The SMILES string of the molecule is CC1(C)CCC(COc2ccc(C=O)cc2F)O1. The Morgan fingerprint density at radius 1 is 1.56 bits per heavy atom. The van der Waals surface area contributed by atoms with E-state index in [1.807, 2.05) is 13.8 Å². The first kappa shape index (κ1) is 13.0. The molecular formula is C14H17FO3. The van der Waals surface area contributed by atoms with Crippen molar-refractivity contribution in [3.05, 3.63) is 29.6 Å². The summed E-state index contributed by atoms with van der Waals surface area (Å²) in [7, 11) is 0. The molecule has 1 aliphatic rings. The van der Waals surface area contributed by atoms with Gasteiger partial charge < -0.3 is 9.47 Å². The van der Waals surface area contributed by atoms with E-state index in [1.54, 1.807) is 0 Å². The molecule has 0 bridgehead atoms. The highest BCUT2D eigenvalue weighted by molar-refractivity contribution is 5.74. The van der Waals surface area contributed by atoms with E-state index in [9.17, 15) is 9.18 Å². The summed E-state index contributed by atoms with van der Waals surface area (Å²) >= 11 is 0. The molecule has 1 aliphatic heterocycles. The van der Waals surface area contributed by atoms with Crippen molar-refractivity contribution in [1.29, 1.82) is 0 Å². The molecule has 1 atom stereocenters. The Kier molecular flexibility index (Phi) is 3.66. The summed E-state index contributed by atoms with van der Waals surface area (Å²) in [4.78, 5) is 10.5. The van der Waals surface area contributed by atoms with E-state index in [0.29, 0.717) is 18.5 Å². The second kappa shape index (κ2) is 5.06. The van der Waals surface area contributed by atoms with Gasteiger partial charge in [0.25, 0.3) is 0 Å². The molecule has 0 amide bonds. The van der Waals surface area contributed by atoms with Gasteiger partial charge in [-0.1, -0.05) is 0 Å². The number of aldehydes is 1. The van der Waals surface area contributed by atoms with Crippen molar-refractivity contribution in [3.8, 4) is 5.75 Å². The van der Waals surface area contributed by atoms with E-state index in [4.69, 9.17) is 9.47 Å². The van der Waals surface area contributed by atoms with E-state index in [2.05, 4.69) is 0 Å². The molecule has 0 spiro atoms. The van der Waals surface area contributed by atoms with Crippen LogP contribution in [0, 0.1) is 5.82 Å². The lowest BCUT2D eigenvalue weighted by atomic mass is 10.1. The summed E-state index contributed by atoms with van der Waals surface area (Å²) in [6, 6.07) is 4.17. The molecule has 0 aliphatic carbocycles. The van der Waals surface area contributed by atoms with Gasteiger partial charge in [0.15, 0.2) is 11.6 Å². The molecular weight excluding hydrogens is 235 g/mol. The van der Waals surface area contributed by atoms with Crippen LogP contribution in [-0.4, -0.2) is 24.6 Å². The van der Waals surface area contributed by atoms with Gasteiger partial charge in [0.1, 0.15) is 12.9 Å². The number of carbonyl (C=O) groups excluding carboxylic acids is 1. The predicted octanol–water partition coefficient (Wildman–Crippen LogP) is 2.97. The summed E-state index contributed by atoms with van der Waals surface area (Å²) in [5, 5.41) is 0. The molecule has 0 N–H and O–H groups in total. The Morgan fingerprint density at radius 3 is 2.89 bits per heavy atom. The number of ether oxygens (including phenoxy) is 2. The van der Waals surface area contributed by atoms with Gasteiger partial charge >= 0.3 is 0 Å². The topological polar surface area (TPSA) is 35.5 Å². The van der Waals surface area contributed by atoms with Gasteiger partial charge in [-0.05, 0) is 44.9 Å². The van der Waals surface area contributed by atoms with Crippen molar-refractivity contribution in [2.24, 2.45) is 0 Å². The van der Waals surface area contributed by atoms with Crippen LogP contribution in [0.1, 0.15) is 37.0 Å². The molecule has 0 saturated carbocycles. The first-order valence-corrected chi connectivity index (χ1v) is 6.05. The average molecular weight is 252 g/mol. The van der Waals surface area contributed by atoms with Crippen LogP contribution in [0.3, 0.4) is 0 Å². The van der Waals surface area contributed by atoms with E-state index in [-0.39, 0.29) is 17.5 Å². The van der Waals surface area contributed by atoms with Crippen LogP contribution in [0.5, 0.6) is 5.75 Å². The lowest BCUT2D eigenvalue weighted by Crippen LogP contribution is -2.24. The van der Waals surface area contributed by atoms with Gasteiger partial charge in [0.2, 0.25) is 0 Å². The normalized spacial score (nSPS) is 21.8. The maximum Gasteiger partial charge on any atom is 0.165 e. The van der Waals surface area contributed by atoms with Crippen LogP contribution in [0.25, 0.3) is 0 Å². The van der Waals surface area contributed by atoms with Crippen LogP contribution in [0.15, 0.2) is 18.2 Å². The van der Waals surface area contributed by atoms with Gasteiger partial charge in [-0.25, -0.2) is 4.39 Å². The Labute approximate surface area is 106 Å². The second-order valence-corrected chi connectivity index (χ2v) is 5.16. The van der Waals surface area contributed by atoms with Crippen LogP contribution in [-0.2, 0) is 4.74 Å². The molecule has 0 aromatic heterocycles. The highest BCUT2D eigenvalue weighted by Gasteiger charge is 2.32. The molecule has 0 radical (unpaired) electrons. The molecule has 1 fully saturated rings. The van der Waals surface area contributed by atoms with Crippen LogP contribution >= 0.6 is 0 Å². The van der Waals surface area contributed by atoms with E-state index < -0.39 is 5.82 Å². The lowest BCUT2D eigenvalue weighted by molar-refractivity contribution is -0.0330. The fourth-order valence-corrected chi connectivity index (χ4v) is 2.09. The average Bonchev–Trinajstić information content (AvgIpc) is 2.67. The molecule has 1 aromatic carbocycles. The smallest absolute Gasteiger partial charge is 0.165 e. The number of halogens is 1. The molecule has 18 heavy (non-hydrogen) atoms. The van der Waals surface area contributed by atoms with Crippen molar-refractivity contribution in [2.75, 3.05) is 6.61 Å². The summed E-state index contributed by atoms with van der Waals surface area (Å²) in [6.07, 6.45) is 2.51. The van der Waals surface area contributed by atoms with Crippen molar-refractivity contribution in [1.82, 2.24) is 0 Å². The zero-order valence-corrected chi connectivity index (χ0v) is 10.6. The number of benzene rings is 1. The number of hydrogen-bond donors (Lipinski definition) is 0. The van der Waals surface area contributed by atoms with Crippen molar-refractivity contribution in [3.63, 3.8) is 0 Å². The fourth-order valence-electron chi connectivity index (χ4n) is 2.09. The maximum absolute atomic E-state index is 13.5. The molecule has 2 rings (SSSR count). The first-order chi connectivity index (χ1) is 8.50. The number of carbonyl (C=O) groups is 1. The van der Waals surface area contributed by atoms with Gasteiger partial charge in [-0.2, -0.15) is 0 Å². The van der Waals surface area contributed by atoms with Crippen LogP contribution in [0.2, 0.25) is 0 Å². The second-order valence-electron chi connectivity index (χ2n) is 5.16. The fraction of sp³-hybridized carbons (Fsp3) is 0.500. The van der Waals surface area contributed by atoms with Crippen LogP contribution in [0.4, 0.5) is 4.39 Å². The van der Waals surface area contributed by atoms with Crippen molar-refractivity contribution >= 4 is 6.29 Å². The summed E-state index contributed by atoms with van der Waals surface area (Å²) in [5.74, 6) is -0.356. The Balaban J connectivity index is 1.93. The van der Waals surface area contributed by atoms with Gasteiger partial charge in [0.05, 0.1) is 11.7 Å². The summed E-state index contributed by atoms with van der Waals surface area (Å²) in [5.41, 5.74) is 0.187. The molecule has 4 heteroatoms. The zero-order valence-electron chi connectivity index (χ0n) is 10.6. The minimum absolute atomic E-state index is 0.00477. The first-order valence-electron chi connectivity index (χ1n) is 6.05. The number of rotatable bonds is 4. The Morgan fingerprint density at radius 2 is 2.33 bits per heavy atom. The van der Waals surface area contributed by atoms with E-state index >= 15 is 0 Å². The minimum Gasteiger partial charge on any atom is -0.488 e. The molecule has 1 heterocycles. The maximum atomic E-state index is 13.5. The quantitative estimate of drug-likeness (QED) is 0.773. The van der Waals surface area contributed by atoms with E-state index in [1.165, 1.54) is 18.2 Å². The highest BCUT2D eigenvalue weighted by atomic mass is 19.1. The Bertz CT molecular complexity index is 443. The molecule has 1 aromatic rings. The third kappa shape index (κ3) is 3.07. The summed E-state index contributed by atoms with van der Waals surface area (Å²) < 4.78 is 24.7. The lowest BCUT2D eigenvalue weighted by Gasteiger charge is -2.19. The third-order valence-corrected chi connectivity index (χ3v) is 3.07. The highest BCUT2D eigenvalue weighted by Crippen LogP contribution is 2.30. The minimum atomic E-state index is -0.517. The van der Waals surface area contributed by atoms with Gasteiger partial charge in [0, 0.05) is 5.56 Å².